The first-order chi connectivity index (χ1) is 13.9. The Bertz CT molecular complexity index is 890. The maximum absolute atomic E-state index is 12.5. The topological polar surface area (TPSA) is 75.6 Å². The van der Waals surface area contributed by atoms with Gasteiger partial charge in [0, 0.05) is 18.4 Å². The zero-order valence-corrected chi connectivity index (χ0v) is 16.9. The van der Waals surface area contributed by atoms with E-state index in [9.17, 15) is 9.59 Å². The SMILES string of the molecule is CC1(C)[C@@H](CCC(=O)O)C[C@H]1NC(=O)OCC1c2ccccc2-c2ccccc21. The Kier molecular flexibility index (Phi) is 5.07. The van der Waals surface area contributed by atoms with Gasteiger partial charge in [0.15, 0.2) is 0 Å². The van der Waals surface area contributed by atoms with Gasteiger partial charge in [-0.2, -0.15) is 0 Å². The summed E-state index contributed by atoms with van der Waals surface area (Å²) in [5.41, 5.74) is 4.68. The van der Waals surface area contributed by atoms with Gasteiger partial charge < -0.3 is 15.2 Å². The van der Waals surface area contributed by atoms with Gasteiger partial charge in [0.25, 0.3) is 0 Å². The molecule has 0 bridgehead atoms. The normalized spacial score (nSPS) is 21.6. The number of hydrogen-bond acceptors (Lipinski definition) is 3. The lowest BCUT2D eigenvalue weighted by atomic mass is 9.57. The van der Waals surface area contributed by atoms with Crippen molar-refractivity contribution in [2.24, 2.45) is 11.3 Å². The second-order valence-corrected chi connectivity index (χ2v) is 8.71. The molecule has 2 aromatic rings. The monoisotopic (exact) mass is 393 g/mol. The molecule has 2 aliphatic rings. The average Bonchev–Trinajstić information content (AvgIpc) is 3.02. The molecule has 0 heterocycles. The van der Waals surface area contributed by atoms with Gasteiger partial charge in [-0.15, -0.1) is 0 Å². The molecule has 2 aliphatic carbocycles. The minimum Gasteiger partial charge on any atom is -0.481 e. The standard InChI is InChI=1S/C24H27NO4/c1-24(2)15(11-12-22(26)27)13-21(24)25-23(28)29-14-20-18-9-5-3-7-16(18)17-8-4-6-10-19(17)20/h3-10,15,20-21H,11-14H2,1-2H3,(H,25,28)(H,26,27)/t15-,21+/m0/s1. The van der Waals surface area contributed by atoms with E-state index in [2.05, 4.69) is 43.4 Å². The largest absolute Gasteiger partial charge is 0.481 e. The zero-order valence-electron chi connectivity index (χ0n) is 16.9. The maximum atomic E-state index is 12.5. The predicted molar refractivity (Wildman–Crippen MR) is 111 cm³/mol. The quantitative estimate of drug-likeness (QED) is 0.739. The van der Waals surface area contributed by atoms with Crippen molar-refractivity contribution in [3.05, 3.63) is 59.7 Å². The van der Waals surface area contributed by atoms with E-state index in [1.165, 1.54) is 22.3 Å². The molecule has 0 aliphatic heterocycles. The van der Waals surface area contributed by atoms with Gasteiger partial charge >= 0.3 is 12.1 Å². The van der Waals surface area contributed by atoms with E-state index in [4.69, 9.17) is 9.84 Å². The lowest BCUT2D eigenvalue weighted by Crippen LogP contribution is -2.58. The zero-order chi connectivity index (χ0) is 20.6. The van der Waals surface area contributed by atoms with E-state index in [1.54, 1.807) is 0 Å². The molecular weight excluding hydrogens is 366 g/mol. The van der Waals surface area contributed by atoms with Crippen LogP contribution in [0, 0.1) is 11.3 Å². The molecule has 4 rings (SSSR count). The van der Waals surface area contributed by atoms with Crippen molar-refractivity contribution in [1.29, 1.82) is 0 Å². The second kappa shape index (κ2) is 7.54. The van der Waals surface area contributed by atoms with Gasteiger partial charge in [0.1, 0.15) is 6.61 Å². The van der Waals surface area contributed by atoms with Crippen LogP contribution in [0.15, 0.2) is 48.5 Å². The molecule has 0 saturated heterocycles. The fourth-order valence-electron chi connectivity index (χ4n) is 4.83. The lowest BCUT2D eigenvalue weighted by Gasteiger charge is -2.52. The first-order valence-electron chi connectivity index (χ1n) is 10.2. The number of carboxylic acids is 1. The molecule has 0 unspecified atom stereocenters. The highest BCUT2D eigenvalue weighted by atomic mass is 16.5. The predicted octanol–water partition coefficient (Wildman–Crippen LogP) is 4.80. The van der Waals surface area contributed by atoms with Crippen LogP contribution in [-0.2, 0) is 9.53 Å². The van der Waals surface area contributed by atoms with E-state index < -0.39 is 12.1 Å². The molecule has 29 heavy (non-hydrogen) atoms. The van der Waals surface area contributed by atoms with Crippen molar-refractivity contribution in [3.8, 4) is 11.1 Å². The Morgan fingerprint density at radius 2 is 1.66 bits per heavy atom. The molecule has 0 radical (unpaired) electrons. The Morgan fingerprint density at radius 1 is 1.07 bits per heavy atom. The third kappa shape index (κ3) is 3.61. The molecule has 0 aromatic heterocycles. The number of fused-ring (bicyclic) bond motifs is 3. The van der Waals surface area contributed by atoms with Gasteiger partial charge in [-0.3, -0.25) is 4.79 Å². The van der Waals surface area contributed by atoms with Crippen molar-refractivity contribution in [2.45, 2.75) is 45.1 Å². The summed E-state index contributed by atoms with van der Waals surface area (Å²) in [7, 11) is 0. The highest BCUT2D eigenvalue weighted by molar-refractivity contribution is 5.79. The van der Waals surface area contributed by atoms with Crippen LogP contribution in [0.1, 0.15) is 50.2 Å². The summed E-state index contributed by atoms with van der Waals surface area (Å²) < 4.78 is 5.63. The van der Waals surface area contributed by atoms with Crippen molar-refractivity contribution in [3.63, 3.8) is 0 Å². The molecule has 2 N–H and O–H groups in total. The fraction of sp³-hybridized carbons (Fsp3) is 0.417. The summed E-state index contributed by atoms with van der Waals surface area (Å²) in [5.74, 6) is -0.419. The van der Waals surface area contributed by atoms with Crippen LogP contribution in [0.3, 0.4) is 0 Å². The minimum atomic E-state index is -0.770. The van der Waals surface area contributed by atoms with E-state index in [-0.39, 0.29) is 23.8 Å². The Balaban J connectivity index is 1.36. The van der Waals surface area contributed by atoms with Crippen LogP contribution in [-0.4, -0.2) is 29.8 Å². The summed E-state index contributed by atoms with van der Waals surface area (Å²) in [6, 6.07) is 16.5. The molecule has 1 fully saturated rings. The number of nitrogens with one attached hydrogen (secondary N) is 1. The molecule has 2 atom stereocenters. The Labute approximate surface area is 171 Å². The smallest absolute Gasteiger partial charge is 0.407 e. The number of rotatable bonds is 6. The lowest BCUT2D eigenvalue weighted by molar-refractivity contribution is -0.138. The Morgan fingerprint density at radius 3 is 2.21 bits per heavy atom. The molecule has 0 spiro atoms. The number of carbonyl (C=O) groups is 2. The number of benzene rings is 2. The van der Waals surface area contributed by atoms with Gasteiger partial charge in [0.2, 0.25) is 0 Å². The number of aliphatic carboxylic acids is 1. The molecular formula is C24H27NO4. The molecule has 5 nitrogen and oxygen atoms in total. The first kappa shape index (κ1) is 19.5. The highest BCUT2D eigenvalue weighted by Gasteiger charge is 2.48. The molecule has 152 valence electrons. The average molecular weight is 393 g/mol. The number of alkyl carbamates (subject to hydrolysis) is 1. The summed E-state index contributed by atoms with van der Waals surface area (Å²) >= 11 is 0. The summed E-state index contributed by atoms with van der Waals surface area (Å²) in [4.78, 5) is 23.3. The number of carbonyl (C=O) groups excluding carboxylic acids is 1. The molecule has 2 aromatic carbocycles. The molecule has 1 saturated carbocycles. The van der Waals surface area contributed by atoms with E-state index >= 15 is 0 Å². The van der Waals surface area contributed by atoms with Crippen LogP contribution in [0.5, 0.6) is 0 Å². The summed E-state index contributed by atoms with van der Waals surface area (Å²) in [6.45, 7) is 4.46. The van der Waals surface area contributed by atoms with Gasteiger partial charge in [-0.05, 0) is 46.4 Å². The number of amides is 1. The van der Waals surface area contributed by atoms with Crippen molar-refractivity contribution < 1.29 is 19.4 Å². The maximum Gasteiger partial charge on any atom is 0.407 e. The number of ether oxygens (including phenoxy) is 1. The van der Waals surface area contributed by atoms with E-state index in [1.807, 2.05) is 24.3 Å². The van der Waals surface area contributed by atoms with Crippen LogP contribution in [0.4, 0.5) is 4.79 Å². The van der Waals surface area contributed by atoms with Gasteiger partial charge in [-0.25, -0.2) is 4.79 Å². The van der Waals surface area contributed by atoms with E-state index in [0.717, 1.165) is 6.42 Å². The number of hydrogen-bond donors (Lipinski definition) is 2. The highest BCUT2D eigenvalue weighted by Crippen LogP contribution is 2.49. The molecule has 5 heteroatoms. The van der Waals surface area contributed by atoms with Crippen molar-refractivity contribution in [1.82, 2.24) is 5.32 Å². The third-order valence-electron chi connectivity index (χ3n) is 6.81. The summed E-state index contributed by atoms with van der Waals surface area (Å²) in [5, 5.41) is 11.9. The van der Waals surface area contributed by atoms with E-state index in [0.29, 0.717) is 18.9 Å². The number of carboxylic acid groups (broad SMARTS) is 1. The van der Waals surface area contributed by atoms with Crippen LogP contribution < -0.4 is 5.32 Å². The van der Waals surface area contributed by atoms with Crippen LogP contribution >= 0.6 is 0 Å². The van der Waals surface area contributed by atoms with Crippen LogP contribution in [0.25, 0.3) is 11.1 Å². The summed E-state index contributed by atoms with van der Waals surface area (Å²) in [6.07, 6.45) is 1.21. The van der Waals surface area contributed by atoms with Crippen LogP contribution in [0.2, 0.25) is 0 Å². The first-order valence-corrected chi connectivity index (χ1v) is 10.2. The van der Waals surface area contributed by atoms with Crippen molar-refractivity contribution in [2.75, 3.05) is 6.61 Å². The Hall–Kier alpha value is -2.82. The third-order valence-corrected chi connectivity index (χ3v) is 6.81. The van der Waals surface area contributed by atoms with Gasteiger partial charge in [-0.1, -0.05) is 62.4 Å². The van der Waals surface area contributed by atoms with Gasteiger partial charge in [0.05, 0.1) is 0 Å². The second-order valence-electron chi connectivity index (χ2n) is 8.71. The van der Waals surface area contributed by atoms with Crippen molar-refractivity contribution >= 4 is 12.1 Å². The fourth-order valence-corrected chi connectivity index (χ4v) is 4.83. The molecule has 1 amide bonds. The minimum absolute atomic E-state index is 0.0111.